The third kappa shape index (κ3) is 4.73. The molecule has 1 fully saturated rings. The van der Waals surface area contributed by atoms with E-state index < -0.39 is 0 Å². The van der Waals surface area contributed by atoms with Crippen molar-refractivity contribution in [3.63, 3.8) is 0 Å². The largest absolute Gasteiger partial charge is 0.348 e. The SMILES string of the molecule is CC(C)=CCCC1(C)CCC(=O)N(CCc2cnc[nH]2)C1. The number of carbonyl (C=O) groups is 1. The molecule has 0 saturated carbocycles. The molecule has 116 valence electrons. The maximum atomic E-state index is 12.1. The Labute approximate surface area is 127 Å². The molecule has 1 aromatic rings. The summed E-state index contributed by atoms with van der Waals surface area (Å²) in [4.78, 5) is 21.3. The highest BCUT2D eigenvalue weighted by atomic mass is 16.2. The Kier molecular flexibility index (Phi) is 5.21. The number of hydrogen-bond donors (Lipinski definition) is 1. The number of H-pyrrole nitrogens is 1. The van der Waals surface area contributed by atoms with Gasteiger partial charge in [-0.1, -0.05) is 18.6 Å². The lowest BCUT2D eigenvalue weighted by atomic mass is 9.77. The van der Waals surface area contributed by atoms with Gasteiger partial charge >= 0.3 is 0 Å². The molecule has 0 aromatic carbocycles. The van der Waals surface area contributed by atoms with E-state index in [0.29, 0.717) is 12.3 Å². The van der Waals surface area contributed by atoms with E-state index in [1.807, 2.05) is 11.1 Å². The first-order chi connectivity index (χ1) is 9.98. The number of amides is 1. The van der Waals surface area contributed by atoms with Gasteiger partial charge in [0.2, 0.25) is 5.91 Å². The van der Waals surface area contributed by atoms with Crippen molar-refractivity contribution >= 4 is 5.91 Å². The van der Waals surface area contributed by atoms with Gasteiger partial charge in [-0.25, -0.2) is 4.98 Å². The molecule has 1 saturated heterocycles. The summed E-state index contributed by atoms with van der Waals surface area (Å²) in [6, 6.07) is 0. The highest BCUT2D eigenvalue weighted by molar-refractivity contribution is 5.77. The monoisotopic (exact) mass is 289 g/mol. The van der Waals surface area contributed by atoms with Gasteiger partial charge in [0.15, 0.2) is 0 Å². The molecule has 21 heavy (non-hydrogen) atoms. The first-order valence-electron chi connectivity index (χ1n) is 7.87. The molecule has 4 heteroatoms. The van der Waals surface area contributed by atoms with Gasteiger partial charge in [-0.3, -0.25) is 4.79 Å². The van der Waals surface area contributed by atoms with Crippen LogP contribution in [0, 0.1) is 5.41 Å². The van der Waals surface area contributed by atoms with Crippen LogP contribution in [0.3, 0.4) is 0 Å². The molecule has 1 aromatic heterocycles. The number of allylic oxidation sites excluding steroid dienone is 2. The fourth-order valence-corrected chi connectivity index (χ4v) is 2.99. The van der Waals surface area contributed by atoms with Crippen molar-refractivity contribution in [2.45, 2.75) is 52.9 Å². The first-order valence-corrected chi connectivity index (χ1v) is 7.87. The molecule has 1 aliphatic heterocycles. The topological polar surface area (TPSA) is 49.0 Å². The maximum absolute atomic E-state index is 12.1. The highest BCUT2D eigenvalue weighted by Crippen LogP contribution is 2.34. The van der Waals surface area contributed by atoms with Crippen LogP contribution in [0.5, 0.6) is 0 Å². The molecule has 0 radical (unpaired) electrons. The second-order valence-corrected chi connectivity index (χ2v) is 6.77. The number of carbonyl (C=O) groups excluding carboxylic acids is 1. The number of nitrogens with zero attached hydrogens (tertiary/aromatic N) is 2. The Morgan fingerprint density at radius 3 is 3.00 bits per heavy atom. The molecular formula is C17H27N3O. The van der Waals surface area contributed by atoms with Crippen LogP contribution in [-0.4, -0.2) is 33.9 Å². The number of imidazole rings is 1. The molecule has 2 heterocycles. The van der Waals surface area contributed by atoms with Crippen LogP contribution in [-0.2, 0) is 11.2 Å². The second kappa shape index (κ2) is 6.92. The Morgan fingerprint density at radius 2 is 2.33 bits per heavy atom. The molecule has 1 amide bonds. The number of piperidine rings is 1. The molecule has 1 atom stereocenters. The van der Waals surface area contributed by atoms with Crippen LogP contribution in [0.2, 0.25) is 0 Å². The predicted octanol–water partition coefficient (Wildman–Crippen LogP) is 3.33. The fourth-order valence-electron chi connectivity index (χ4n) is 2.99. The van der Waals surface area contributed by atoms with E-state index in [1.165, 1.54) is 5.57 Å². The van der Waals surface area contributed by atoms with E-state index in [9.17, 15) is 4.79 Å². The van der Waals surface area contributed by atoms with Gasteiger partial charge in [0, 0.05) is 37.8 Å². The summed E-state index contributed by atoms with van der Waals surface area (Å²) in [5.41, 5.74) is 2.73. The Bertz CT molecular complexity index is 488. The van der Waals surface area contributed by atoms with Crippen molar-refractivity contribution < 1.29 is 4.79 Å². The molecule has 0 spiro atoms. The summed E-state index contributed by atoms with van der Waals surface area (Å²) >= 11 is 0. The van der Waals surface area contributed by atoms with Crippen LogP contribution >= 0.6 is 0 Å². The predicted molar refractivity (Wildman–Crippen MR) is 84.9 cm³/mol. The molecule has 1 unspecified atom stereocenters. The number of hydrogen-bond acceptors (Lipinski definition) is 2. The van der Waals surface area contributed by atoms with E-state index in [1.54, 1.807) is 6.33 Å². The lowest BCUT2D eigenvalue weighted by molar-refractivity contribution is -0.137. The molecule has 1 N–H and O–H groups in total. The van der Waals surface area contributed by atoms with Crippen LogP contribution in [0.1, 0.15) is 52.1 Å². The van der Waals surface area contributed by atoms with Crippen LogP contribution in [0.25, 0.3) is 0 Å². The van der Waals surface area contributed by atoms with Gasteiger partial charge < -0.3 is 9.88 Å². The van der Waals surface area contributed by atoms with Gasteiger partial charge in [0.1, 0.15) is 0 Å². The van der Waals surface area contributed by atoms with Crippen molar-refractivity contribution in [2.24, 2.45) is 5.41 Å². The van der Waals surface area contributed by atoms with E-state index in [4.69, 9.17) is 0 Å². The smallest absolute Gasteiger partial charge is 0.222 e. The lowest BCUT2D eigenvalue weighted by Gasteiger charge is -2.40. The van der Waals surface area contributed by atoms with E-state index in [2.05, 4.69) is 36.8 Å². The van der Waals surface area contributed by atoms with E-state index in [0.717, 1.165) is 44.5 Å². The molecule has 1 aliphatic rings. The molecular weight excluding hydrogens is 262 g/mol. The minimum absolute atomic E-state index is 0.258. The third-order valence-corrected chi connectivity index (χ3v) is 4.37. The molecule has 0 aliphatic carbocycles. The number of aromatic nitrogens is 2. The normalized spacial score (nSPS) is 22.4. The van der Waals surface area contributed by atoms with E-state index >= 15 is 0 Å². The standard InChI is InChI=1S/C17H27N3O/c1-14(2)5-4-8-17(3)9-6-16(21)20(12-17)10-7-15-11-18-13-19-15/h5,11,13H,4,6-10,12H2,1-3H3,(H,18,19). The summed E-state index contributed by atoms with van der Waals surface area (Å²) in [5, 5.41) is 0. The summed E-state index contributed by atoms with van der Waals surface area (Å²) in [6.45, 7) is 8.28. The number of rotatable bonds is 6. The van der Waals surface area contributed by atoms with Crippen molar-refractivity contribution in [3.8, 4) is 0 Å². The lowest BCUT2D eigenvalue weighted by Crippen LogP contribution is -2.46. The summed E-state index contributed by atoms with van der Waals surface area (Å²) < 4.78 is 0. The average molecular weight is 289 g/mol. The first kappa shape index (κ1) is 15.8. The van der Waals surface area contributed by atoms with E-state index in [-0.39, 0.29) is 5.41 Å². The highest BCUT2D eigenvalue weighted by Gasteiger charge is 2.33. The Balaban J connectivity index is 1.88. The summed E-state index contributed by atoms with van der Waals surface area (Å²) in [6.07, 6.45) is 10.7. The molecule has 2 rings (SSSR count). The number of likely N-dealkylation sites (tertiary alicyclic amines) is 1. The molecule has 0 bridgehead atoms. The zero-order valence-electron chi connectivity index (χ0n) is 13.5. The maximum Gasteiger partial charge on any atom is 0.222 e. The summed E-state index contributed by atoms with van der Waals surface area (Å²) in [5.74, 6) is 0.300. The van der Waals surface area contributed by atoms with Gasteiger partial charge in [-0.2, -0.15) is 0 Å². The van der Waals surface area contributed by atoms with Crippen molar-refractivity contribution in [3.05, 3.63) is 29.9 Å². The Morgan fingerprint density at radius 1 is 1.52 bits per heavy atom. The van der Waals surface area contributed by atoms with Gasteiger partial charge in [0.25, 0.3) is 0 Å². The Hall–Kier alpha value is -1.58. The van der Waals surface area contributed by atoms with Crippen LogP contribution < -0.4 is 0 Å². The minimum atomic E-state index is 0.258. The second-order valence-electron chi connectivity index (χ2n) is 6.77. The van der Waals surface area contributed by atoms with Crippen LogP contribution in [0.4, 0.5) is 0 Å². The third-order valence-electron chi connectivity index (χ3n) is 4.37. The zero-order chi connectivity index (χ0) is 15.3. The van der Waals surface area contributed by atoms with Gasteiger partial charge in [-0.05, 0) is 38.5 Å². The average Bonchev–Trinajstić information content (AvgIpc) is 2.93. The fraction of sp³-hybridized carbons (Fsp3) is 0.647. The molecule has 4 nitrogen and oxygen atoms in total. The van der Waals surface area contributed by atoms with Crippen molar-refractivity contribution in [1.82, 2.24) is 14.9 Å². The number of nitrogens with one attached hydrogen (secondary N) is 1. The van der Waals surface area contributed by atoms with Gasteiger partial charge in [-0.15, -0.1) is 0 Å². The quantitative estimate of drug-likeness (QED) is 0.817. The van der Waals surface area contributed by atoms with Gasteiger partial charge in [0.05, 0.1) is 6.33 Å². The zero-order valence-corrected chi connectivity index (χ0v) is 13.5. The summed E-state index contributed by atoms with van der Waals surface area (Å²) in [7, 11) is 0. The number of aromatic amines is 1. The van der Waals surface area contributed by atoms with Crippen LogP contribution in [0.15, 0.2) is 24.2 Å². The van der Waals surface area contributed by atoms with Crippen molar-refractivity contribution in [2.75, 3.05) is 13.1 Å². The van der Waals surface area contributed by atoms with Crippen molar-refractivity contribution in [1.29, 1.82) is 0 Å². The minimum Gasteiger partial charge on any atom is -0.348 e.